The van der Waals surface area contributed by atoms with E-state index in [1.165, 1.54) is 0 Å². The minimum Gasteiger partial charge on any atom is -0.478 e. The highest BCUT2D eigenvalue weighted by atomic mass is 16.5. The van der Waals surface area contributed by atoms with Gasteiger partial charge in [-0.05, 0) is 39.7 Å². The molecule has 17 heavy (non-hydrogen) atoms. The van der Waals surface area contributed by atoms with Crippen molar-refractivity contribution >= 4 is 5.97 Å². The number of aromatic carboxylic acids is 1. The molecule has 1 aliphatic heterocycles. The minimum atomic E-state index is -0.858. The Morgan fingerprint density at radius 3 is 2.76 bits per heavy atom. The third-order valence-corrected chi connectivity index (χ3v) is 3.62. The van der Waals surface area contributed by atoms with Gasteiger partial charge >= 0.3 is 5.97 Å². The zero-order valence-electron chi connectivity index (χ0n) is 10.6. The zero-order chi connectivity index (χ0) is 12.6. The number of ether oxygens (including phenoxy) is 1. The van der Waals surface area contributed by atoms with Gasteiger partial charge in [0.2, 0.25) is 0 Å². The summed E-state index contributed by atoms with van der Waals surface area (Å²) in [6.07, 6.45) is 2.36. The maximum atomic E-state index is 11.1. The number of hydrogen-bond donors (Lipinski definition) is 1. The van der Waals surface area contributed by atoms with Gasteiger partial charge in [-0.3, -0.25) is 0 Å². The van der Waals surface area contributed by atoms with Gasteiger partial charge in [0.1, 0.15) is 0 Å². The van der Waals surface area contributed by atoms with E-state index in [1.54, 1.807) is 6.07 Å². The molecule has 2 atom stereocenters. The van der Waals surface area contributed by atoms with E-state index in [0.29, 0.717) is 5.56 Å². The molecule has 0 radical (unpaired) electrons. The van der Waals surface area contributed by atoms with Crippen molar-refractivity contribution in [2.75, 3.05) is 6.61 Å². The van der Waals surface area contributed by atoms with Gasteiger partial charge in [-0.15, -0.1) is 0 Å². The van der Waals surface area contributed by atoms with Crippen molar-refractivity contribution in [2.24, 2.45) is 0 Å². The summed E-state index contributed by atoms with van der Waals surface area (Å²) in [5.74, 6) is -0.858. The first-order valence-electron chi connectivity index (χ1n) is 6.05. The fraction of sp³-hybridized carbons (Fsp3) is 0.615. The number of nitrogens with zero attached hydrogens (tertiary/aromatic N) is 1. The molecule has 1 aromatic heterocycles. The normalized spacial score (nSPS) is 21.7. The molecule has 0 aromatic carbocycles. The molecule has 0 aliphatic carbocycles. The smallest absolute Gasteiger partial charge is 0.337 e. The van der Waals surface area contributed by atoms with Crippen molar-refractivity contribution < 1.29 is 14.6 Å². The first-order chi connectivity index (χ1) is 8.02. The van der Waals surface area contributed by atoms with E-state index < -0.39 is 5.97 Å². The second kappa shape index (κ2) is 4.53. The second-order valence-electron chi connectivity index (χ2n) is 4.75. The molecule has 1 N–H and O–H groups in total. The second-order valence-corrected chi connectivity index (χ2v) is 4.75. The molecule has 0 saturated carbocycles. The molecule has 4 heteroatoms. The largest absolute Gasteiger partial charge is 0.478 e. The van der Waals surface area contributed by atoms with Crippen LogP contribution in [0.3, 0.4) is 0 Å². The van der Waals surface area contributed by atoms with Crippen molar-refractivity contribution in [2.45, 2.75) is 45.8 Å². The van der Waals surface area contributed by atoms with Crippen LogP contribution in [-0.2, 0) is 4.74 Å². The minimum absolute atomic E-state index is 0.200. The SMILES string of the molecule is Cc1cc(C(=O)O)c(C)n1C(C)C1CCCO1. The number of carbonyl (C=O) groups is 1. The Bertz CT molecular complexity index is 430. The number of carboxylic acid groups (broad SMARTS) is 1. The third-order valence-electron chi connectivity index (χ3n) is 3.62. The molecule has 1 fully saturated rings. The Kier molecular flexibility index (Phi) is 3.24. The lowest BCUT2D eigenvalue weighted by atomic mass is 10.1. The Morgan fingerprint density at radius 1 is 1.59 bits per heavy atom. The standard InChI is InChI=1S/C13H19NO3/c1-8-7-11(13(15)16)9(2)14(8)10(3)12-5-4-6-17-12/h7,10,12H,4-6H2,1-3H3,(H,15,16). The third kappa shape index (κ3) is 2.09. The van der Waals surface area contributed by atoms with E-state index in [4.69, 9.17) is 9.84 Å². The average Bonchev–Trinajstić information content (AvgIpc) is 2.86. The predicted molar refractivity (Wildman–Crippen MR) is 64.6 cm³/mol. The lowest BCUT2D eigenvalue weighted by Crippen LogP contribution is -2.22. The number of aryl methyl sites for hydroxylation is 1. The van der Waals surface area contributed by atoms with E-state index in [2.05, 4.69) is 11.5 Å². The number of hydrogen-bond acceptors (Lipinski definition) is 2. The van der Waals surface area contributed by atoms with Gasteiger partial charge in [0, 0.05) is 18.0 Å². The molecule has 0 spiro atoms. The van der Waals surface area contributed by atoms with Crippen LogP contribution in [0, 0.1) is 13.8 Å². The van der Waals surface area contributed by atoms with Crippen LogP contribution in [0.15, 0.2) is 6.07 Å². The summed E-state index contributed by atoms with van der Waals surface area (Å²) < 4.78 is 7.76. The van der Waals surface area contributed by atoms with Crippen LogP contribution in [0.1, 0.15) is 47.6 Å². The van der Waals surface area contributed by atoms with Gasteiger partial charge in [0.05, 0.1) is 17.7 Å². The first-order valence-corrected chi connectivity index (χ1v) is 6.05. The molecule has 94 valence electrons. The lowest BCUT2D eigenvalue weighted by Gasteiger charge is -2.23. The highest BCUT2D eigenvalue weighted by Gasteiger charge is 2.27. The lowest BCUT2D eigenvalue weighted by molar-refractivity contribution is 0.0683. The van der Waals surface area contributed by atoms with Gasteiger partial charge in [-0.25, -0.2) is 4.79 Å². The van der Waals surface area contributed by atoms with Crippen LogP contribution in [0.25, 0.3) is 0 Å². The summed E-state index contributed by atoms with van der Waals surface area (Å²) >= 11 is 0. The molecule has 1 aromatic rings. The summed E-state index contributed by atoms with van der Waals surface area (Å²) in [6, 6.07) is 1.94. The van der Waals surface area contributed by atoms with Crippen LogP contribution in [0.4, 0.5) is 0 Å². The summed E-state index contributed by atoms with van der Waals surface area (Å²) in [6.45, 7) is 6.73. The first kappa shape index (κ1) is 12.2. The maximum absolute atomic E-state index is 11.1. The molecule has 0 bridgehead atoms. The van der Waals surface area contributed by atoms with Crippen molar-refractivity contribution in [1.82, 2.24) is 4.57 Å². The Hall–Kier alpha value is -1.29. The van der Waals surface area contributed by atoms with Gasteiger partial charge in [-0.2, -0.15) is 0 Å². The Labute approximate surface area is 101 Å². The summed E-state index contributed by atoms with van der Waals surface area (Å²) in [5, 5.41) is 9.11. The van der Waals surface area contributed by atoms with E-state index in [1.807, 2.05) is 13.8 Å². The van der Waals surface area contributed by atoms with Crippen LogP contribution in [-0.4, -0.2) is 28.4 Å². The Balaban J connectivity index is 2.34. The van der Waals surface area contributed by atoms with Crippen molar-refractivity contribution in [1.29, 1.82) is 0 Å². The van der Waals surface area contributed by atoms with Crippen LogP contribution in [0.5, 0.6) is 0 Å². The fourth-order valence-corrected chi connectivity index (χ4v) is 2.77. The van der Waals surface area contributed by atoms with E-state index in [-0.39, 0.29) is 12.1 Å². The quantitative estimate of drug-likeness (QED) is 0.879. The van der Waals surface area contributed by atoms with Gasteiger partial charge in [-0.1, -0.05) is 0 Å². The summed E-state index contributed by atoms with van der Waals surface area (Å²) in [5.41, 5.74) is 2.20. The van der Waals surface area contributed by atoms with E-state index >= 15 is 0 Å². The molecular weight excluding hydrogens is 218 g/mol. The molecule has 2 heterocycles. The van der Waals surface area contributed by atoms with Crippen LogP contribution in [0.2, 0.25) is 0 Å². The monoisotopic (exact) mass is 237 g/mol. The number of rotatable bonds is 3. The van der Waals surface area contributed by atoms with Crippen molar-refractivity contribution in [3.05, 3.63) is 23.0 Å². The highest BCUT2D eigenvalue weighted by Crippen LogP contribution is 2.28. The van der Waals surface area contributed by atoms with Gasteiger partial charge in [0.15, 0.2) is 0 Å². The predicted octanol–water partition coefficient (Wildman–Crippen LogP) is 2.54. The topological polar surface area (TPSA) is 51.5 Å². The fourth-order valence-electron chi connectivity index (χ4n) is 2.77. The number of aromatic nitrogens is 1. The highest BCUT2D eigenvalue weighted by molar-refractivity contribution is 5.89. The van der Waals surface area contributed by atoms with Crippen LogP contribution >= 0.6 is 0 Å². The summed E-state index contributed by atoms with van der Waals surface area (Å²) in [4.78, 5) is 11.1. The Morgan fingerprint density at radius 2 is 2.29 bits per heavy atom. The molecule has 4 nitrogen and oxygen atoms in total. The average molecular weight is 237 g/mol. The molecule has 2 rings (SSSR count). The van der Waals surface area contributed by atoms with Crippen LogP contribution < -0.4 is 0 Å². The van der Waals surface area contributed by atoms with Gasteiger partial charge < -0.3 is 14.4 Å². The van der Waals surface area contributed by atoms with Gasteiger partial charge in [0.25, 0.3) is 0 Å². The number of carboxylic acids is 1. The zero-order valence-corrected chi connectivity index (χ0v) is 10.6. The molecule has 1 saturated heterocycles. The molecule has 0 amide bonds. The molecular formula is C13H19NO3. The molecule has 1 aliphatic rings. The summed E-state index contributed by atoms with van der Waals surface area (Å²) in [7, 11) is 0. The van der Waals surface area contributed by atoms with E-state index in [0.717, 1.165) is 30.8 Å². The van der Waals surface area contributed by atoms with E-state index in [9.17, 15) is 4.79 Å². The maximum Gasteiger partial charge on any atom is 0.337 e. The van der Waals surface area contributed by atoms with Crippen molar-refractivity contribution in [3.8, 4) is 0 Å². The van der Waals surface area contributed by atoms with Crippen molar-refractivity contribution in [3.63, 3.8) is 0 Å². The molecule has 2 unspecified atom stereocenters.